The van der Waals surface area contributed by atoms with Crippen LogP contribution in [0.1, 0.15) is 19.3 Å². The van der Waals surface area contributed by atoms with Gasteiger partial charge in [-0.3, -0.25) is 4.79 Å². The summed E-state index contributed by atoms with van der Waals surface area (Å²) in [6.45, 7) is 3.70. The van der Waals surface area contributed by atoms with E-state index in [1.807, 2.05) is 11.0 Å². The van der Waals surface area contributed by atoms with Gasteiger partial charge in [-0.1, -0.05) is 0 Å². The molecule has 2 rings (SSSR count). The first-order valence-corrected chi connectivity index (χ1v) is 7.64. The molecule has 0 N–H and O–H groups in total. The molecule has 7 heteroatoms. The van der Waals surface area contributed by atoms with Gasteiger partial charge in [0.25, 0.3) is 5.91 Å². The largest absolute Gasteiger partial charge is 0.453 e. The summed E-state index contributed by atoms with van der Waals surface area (Å²) in [7, 11) is 1.36. The number of nitriles is 1. The fraction of sp³-hybridized carbons (Fsp3) is 0.667. The molecule has 0 aromatic heterocycles. The number of ether oxygens (including phenoxy) is 1. The Kier molecular flexibility index (Phi) is 5.64. The van der Waals surface area contributed by atoms with E-state index >= 15 is 0 Å². The minimum atomic E-state index is -0.339. The number of rotatable bonds is 2. The van der Waals surface area contributed by atoms with Crippen molar-refractivity contribution in [3.05, 3.63) is 11.8 Å². The molecular weight excluding hydrogens is 284 g/mol. The van der Waals surface area contributed by atoms with Gasteiger partial charge in [0.15, 0.2) is 0 Å². The summed E-state index contributed by atoms with van der Waals surface area (Å²) in [5, 5.41) is 9.26. The number of piperidine rings is 1. The number of piperazine rings is 1. The number of hydrogen-bond donors (Lipinski definition) is 0. The van der Waals surface area contributed by atoms with E-state index in [4.69, 9.17) is 0 Å². The normalized spacial score (nSPS) is 19.6. The molecule has 2 heterocycles. The molecule has 120 valence electrons. The summed E-state index contributed by atoms with van der Waals surface area (Å²) in [6, 6.07) is 2.01. The first-order chi connectivity index (χ1) is 10.7. The van der Waals surface area contributed by atoms with Gasteiger partial charge in [0.05, 0.1) is 7.11 Å². The van der Waals surface area contributed by atoms with Crippen LogP contribution in [0.25, 0.3) is 0 Å². The molecule has 7 nitrogen and oxygen atoms in total. The standard InChI is InChI=1S/C15H22N4O3/c1-22-15(21)19-9-7-17(8-10-19)12-13(11-16)14(20)18-5-3-2-4-6-18/h12H,2-10H2,1H3/b13-12-. The quantitative estimate of drug-likeness (QED) is 0.557. The van der Waals surface area contributed by atoms with Crippen LogP contribution in [0, 0.1) is 11.3 Å². The van der Waals surface area contributed by atoms with Crippen LogP contribution in [0.2, 0.25) is 0 Å². The third kappa shape index (κ3) is 3.91. The maximum absolute atomic E-state index is 12.3. The molecule has 0 atom stereocenters. The highest BCUT2D eigenvalue weighted by molar-refractivity contribution is 5.97. The minimum Gasteiger partial charge on any atom is -0.453 e. The number of carbonyl (C=O) groups excluding carboxylic acids is 2. The number of hydrogen-bond acceptors (Lipinski definition) is 5. The fourth-order valence-corrected chi connectivity index (χ4v) is 2.74. The van der Waals surface area contributed by atoms with E-state index in [0.29, 0.717) is 26.2 Å². The summed E-state index contributed by atoms with van der Waals surface area (Å²) in [4.78, 5) is 29.1. The molecule has 0 aliphatic carbocycles. The molecule has 0 bridgehead atoms. The summed E-state index contributed by atoms with van der Waals surface area (Å²) < 4.78 is 4.68. The molecule has 0 saturated carbocycles. The van der Waals surface area contributed by atoms with Crippen molar-refractivity contribution in [3.63, 3.8) is 0 Å². The Labute approximate surface area is 130 Å². The number of methoxy groups -OCH3 is 1. The lowest BCUT2D eigenvalue weighted by Crippen LogP contribution is -2.47. The number of likely N-dealkylation sites (tertiary alicyclic amines) is 1. The van der Waals surface area contributed by atoms with Gasteiger partial charge in [0.1, 0.15) is 11.6 Å². The maximum atomic E-state index is 12.3. The highest BCUT2D eigenvalue weighted by atomic mass is 16.5. The van der Waals surface area contributed by atoms with Crippen LogP contribution in [0.15, 0.2) is 11.8 Å². The van der Waals surface area contributed by atoms with Gasteiger partial charge in [-0.05, 0) is 19.3 Å². The third-order valence-electron chi connectivity index (χ3n) is 4.05. The lowest BCUT2D eigenvalue weighted by Gasteiger charge is -2.33. The van der Waals surface area contributed by atoms with Gasteiger partial charge in [0.2, 0.25) is 0 Å². The molecule has 0 unspecified atom stereocenters. The van der Waals surface area contributed by atoms with E-state index < -0.39 is 0 Å². The first-order valence-electron chi connectivity index (χ1n) is 7.64. The van der Waals surface area contributed by atoms with Crippen molar-refractivity contribution >= 4 is 12.0 Å². The smallest absolute Gasteiger partial charge is 0.409 e. The van der Waals surface area contributed by atoms with E-state index in [9.17, 15) is 14.9 Å². The molecule has 22 heavy (non-hydrogen) atoms. The Morgan fingerprint density at radius 3 is 2.18 bits per heavy atom. The number of carbonyl (C=O) groups is 2. The maximum Gasteiger partial charge on any atom is 0.409 e. The SMILES string of the molecule is COC(=O)N1CCN(/C=C(/C#N)C(=O)N2CCCCC2)CC1. The topological polar surface area (TPSA) is 76.9 Å². The van der Waals surface area contributed by atoms with Crippen LogP contribution in [-0.2, 0) is 9.53 Å². The van der Waals surface area contributed by atoms with Crippen LogP contribution in [0.3, 0.4) is 0 Å². The molecule has 2 fully saturated rings. The predicted octanol–water partition coefficient (Wildman–Crippen LogP) is 0.790. The van der Waals surface area contributed by atoms with Crippen molar-refractivity contribution in [2.45, 2.75) is 19.3 Å². The molecule has 0 aromatic rings. The van der Waals surface area contributed by atoms with Gasteiger partial charge in [-0.15, -0.1) is 0 Å². The van der Waals surface area contributed by atoms with Gasteiger partial charge in [-0.25, -0.2) is 4.79 Å². The van der Waals surface area contributed by atoms with Crippen molar-refractivity contribution < 1.29 is 14.3 Å². The van der Waals surface area contributed by atoms with Crippen LogP contribution < -0.4 is 0 Å². The van der Waals surface area contributed by atoms with Gasteiger partial charge < -0.3 is 19.4 Å². The first kappa shape index (κ1) is 16.1. The van der Waals surface area contributed by atoms with Crippen LogP contribution in [0.5, 0.6) is 0 Å². The third-order valence-corrected chi connectivity index (χ3v) is 4.05. The summed E-state index contributed by atoms with van der Waals surface area (Å²) >= 11 is 0. The highest BCUT2D eigenvalue weighted by Crippen LogP contribution is 2.13. The average Bonchev–Trinajstić information content (AvgIpc) is 2.59. The van der Waals surface area contributed by atoms with Crippen LogP contribution in [0.4, 0.5) is 4.79 Å². The van der Waals surface area contributed by atoms with E-state index in [1.54, 1.807) is 16.0 Å². The fourth-order valence-electron chi connectivity index (χ4n) is 2.74. The molecule has 2 saturated heterocycles. The number of amides is 2. The predicted molar refractivity (Wildman–Crippen MR) is 79.7 cm³/mol. The average molecular weight is 306 g/mol. The lowest BCUT2D eigenvalue weighted by molar-refractivity contribution is -0.127. The molecule has 2 amide bonds. The zero-order valence-corrected chi connectivity index (χ0v) is 13.0. The Morgan fingerprint density at radius 1 is 1.00 bits per heavy atom. The molecule has 0 spiro atoms. The van der Waals surface area contributed by atoms with Crippen molar-refractivity contribution in [2.24, 2.45) is 0 Å². The van der Waals surface area contributed by atoms with Crippen molar-refractivity contribution in [2.75, 3.05) is 46.4 Å². The molecular formula is C15H22N4O3. The number of nitrogens with zero attached hydrogens (tertiary/aromatic N) is 4. The van der Waals surface area contributed by atoms with Crippen molar-refractivity contribution in [3.8, 4) is 6.07 Å². The Balaban J connectivity index is 1.94. The Bertz CT molecular complexity index is 484. The van der Waals surface area contributed by atoms with E-state index in [2.05, 4.69) is 4.74 Å². The van der Waals surface area contributed by atoms with Crippen LogP contribution in [-0.4, -0.2) is 73.1 Å². The van der Waals surface area contributed by atoms with E-state index in [-0.39, 0.29) is 17.6 Å². The second-order valence-corrected chi connectivity index (χ2v) is 5.50. The Hall–Kier alpha value is -2.23. The molecule has 0 aromatic carbocycles. The lowest BCUT2D eigenvalue weighted by atomic mass is 10.1. The second-order valence-electron chi connectivity index (χ2n) is 5.50. The highest BCUT2D eigenvalue weighted by Gasteiger charge is 2.23. The monoisotopic (exact) mass is 306 g/mol. The van der Waals surface area contributed by atoms with E-state index in [1.165, 1.54) is 7.11 Å². The van der Waals surface area contributed by atoms with Crippen molar-refractivity contribution in [1.29, 1.82) is 5.26 Å². The zero-order valence-electron chi connectivity index (χ0n) is 13.0. The minimum absolute atomic E-state index is 0.174. The molecule has 2 aliphatic heterocycles. The van der Waals surface area contributed by atoms with Gasteiger partial charge in [-0.2, -0.15) is 5.26 Å². The molecule has 0 radical (unpaired) electrons. The second kappa shape index (κ2) is 7.69. The summed E-state index contributed by atoms with van der Waals surface area (Å²) in [6.07, 6.45) is 4.44. The van der Waals surface area contributed by atoms with Gasteiger partial charge >= 0.3 is 6.09 Å². The van der Waals surface area contributed by atoms with Crippen LogP contribution >= 0.6 is 0 Å². The summed E-state index contributed by atoms with van der Waals surface area (Å²) in [5.41, 5.74) is 0.174. The summed E-state index contributed by atoms with van der Waals surface area (Å²) in [5.74, 6) is -0.183. The molecule has 2 aliphatic rings. The van der Waals surface area contributed by atoms with Gasteiger partial charge in [0, 0.05) is 45.5 Å². The van der Waals surface area contributed by atoms with Crippen molar-refractivity contribution in [1.82, 2.24) is 14.7 Å². The zero-order chi connectivity index (χ0) is 15.9. The van der Waals surface area contributed by atoms with E-state index in [0.717, 1.165) is 32.4 Å². The Morgan fingerprint density at radius 2 is 1.64 bits per heavy atom.